The molecular weight excluding hydrogens is 334 g/mol. The van der Waals surface area contributed by atoms with Gasteiger partial charge >= 0.3 is 5.97 Å². The Labute approximate surface area is 121 Å². The van der Waals surface area contributed by atoms with E-state index in [4.69, 9.17) is 9.84 Å². The van der Waals surface area contributed by atoms with Crippen LogP contribution in [-0.4, -0.2) is 11.1 Å². The van der Waals surface area contributed by atoms with Crippen LogP contribution in [0.5, 0.6) is 5.75 Å². The zero-order chi connectivity index (χ0) is 14.7. The molecule has 0 heterocycles. The number of hydrogen-bond acceptors (Lipinski definition) is 2. The Balaban J connectivity index is 2.29. The fourth-order valence-corrected chi connectivity index (χ4v) is 2.11. The third kappa shape index (κ3) is 2.96. The van der Waals surface area contributed by atoms with Crippen LogP contribution < -0.4 is 4.74 Å². The Morgan fingerprint density at radius 3 is 2.45 bits per heavy atom. The highest BCUT2D eigenvalue weighted by atomic mass is 79.9. The zero-order valence-electron chi connectivity index (χ0n) is 10.1. The van der Waals surface area contributed by atoms with Crippen LogP contribution >= 0.6 is 15.9 Å². The molecule has 6 heteroatoms. The van der Waals surface area contributed by atoms with Crippen molar-refractivity contribution in [2.75, 3.05) is 0 Å². The van der Waals surface area contributed by atoms with Gasteiger partial charge in [-0.25, -0.2) is 9.18 Å². The standard InChI is InChI=1S/C14H9BrF2O3/c15-10-6-9(14(18)19)11(16)12(17)13(10)20-7-8-4-2-1-3-5-8/h1-6H,7H2,(H,18,19). The molecule has 0 atom stereocenters. The Bertz CT molecular complexity index is 645. The molecule has 0 fully saturated rings. The van der Waals surface area contributed by atoms with E-state index in [0.29, 0.717) is 0 Å². The normalized spacial score (nSPS) is 10.3. The van der Waals surface area contributed by atoms with E-state index in [1.54, 1.807) is 24.3 Å². The van der Waals surface area contributed by atoms with Gasteiger partial charge in [-0.05, 0) is 27.6 Å². The number of aromatic carboxylic acids is 1. The second kappa shape index (κ2) is 6.00. The number of carbonyl (C=O) groups is 1. The van der Waals surface area contributed by atoms with Gasteiger partial charge in [-0.3, -0.25) is 0 Å². The summed E-state index contributed by atoms with van der Waals surface area (Å²) in [6, 6.07) is 9.92. The summed E-state index contributed by atoms with van der Waals surface area (Å²) in [5.41, 5.74) is 0.0305. The smallest absolute Gasteiger partial charge is 0.338 e. The molecule has 2 aromatic rings. The van der Waals surface area contributed by atoms with Crippen molar-refractivity contribution in [2.45, 2.75) is 6.61 Å². The topological polar surface area (TPSA) is 46.5 Å². The molecule has 2 rings (SSSR count). The first-order chi connectivity index (χ1) is 9.50. The fraction of sp³-hybridized carbons (Fsp3) is 0.0714. The molecule has 0 spiro atoms. The molecular formula is C14H9BrF2O3. The maximum absolute atomic E-state index is 13.8. The van der Waals surface area contributed by atoms with Gasteiger partial charge in [-0.15, -0.1) is 0 Å². The van der Waals surface area contributed by atoms with E-state index in [2.05, 4.69) is 15.9 Å². The summed E-state index contributed by atoms with van der Waals surface area (Å²) in [6.07, 6.45) is 0. The van der Waals surface area contributed by atoms with Gasteiger partial charge < -0.3 is 9.84 Å². The van der Waals surface area contributed by atoms with E-state index >= 15 is 0 Å². The van der Waals surface area contributed by atoms with E-state index in [9.17, 15) is 13.6 Å². The van der Waals surface area contributed by atoms with E-state index in [-0.39, 0.29) is 16.8 Å². The number of ether oxygens (including phenoxy) is 1. The van der Waals surface area contributed by atoms with Crippen LogP contribution in [0.3, 0.4) is 0 Å². The van der Waals surface area contributed by atoms with Gasteiger partial charge in [-0.1, -0.05) is 30.3 Å². The van der Waals surface area contributed by atoms with Crippen LogP contribution in [0.2, 0.25) is 0 Å². The number of carboxylic acids is 1. The maximum atomic E-state index is 13.8. The van der Waals surface area contributed by atoms with Crippen LogP contribution in [0, 0.1) is 11.6 Å². The van der Waals surface area contributed by atoms with Gasteiger partial charge in [0, 0.05) is 0 Å². The predicted molar refractivity (Wildman–Crippen MR) is 71.8 cm³/mol. The van der Waals surface area contributed by atoms with Crippen LogP contribution in [0.4, 0.5) is 8.78 Å². The average molecular weight is 343 g/mol. The first-order valence-electron chi connectivity index (χ1n) is 5.58. The van der Waals surface area contributed by atoms with E-state index in [1.165, 1.54) is 0 Å². The van der Waals surface area contributed by atoms with Gasteiger partial charge in [0.25, 0.3) is 0 Å². The molecule has 0 amide bonds. The summed E-state index contributed by atoms with van der Waals surface area (Å²) in [5, 5.41) is 8.75. The zero-order valence-corrected chi connectivity index (χ0v) is 11.7. The minimum atomic E-state index is -1.54. The third-order valence-electron chi connectivity index (χ3n) is 2.57. The SMILES string of the molecule is O=C(O)c1cc(Br)c(OCc2ccccc2)c(F)c1F. The molecule has 20 heavy (non-hydrogen) atoms. The minimum absolute atomic E-state index is 0.0439. The van der Waals surface area contributed by atoms with Gasteiger partial charge in [-0.2, -0.15) is 4.39 Å². The second-order valence-electron chi connectivity index (χ2n) is 3.94. The highest BCUT2D eigenvalue weighted by Gasteiger charge is 2.22. The maximum Gasteiger partial charge on any atom is 0.338 e. The summed E-state index contributed by atoms with van der Waals surface area (Å²) in [4.78, 5) is 10.7. The summed E-state index contributed by atoms with van der Waals surface area (Å²) in [5.74, 6) is -4.66. The molecule has 2 aromatic carbocycles. The first kappa shape index (κ1) is 14.5. The molecule has 0 bridgehead atoms. The Morgan fingerprint density at radius 1 is 1.20 bits per heavy atom. The van der Waals surface area contributed by atoms with Gasteiger partial charge in [0.15, 0.2) is 11.6 Å². The van der Waals surface area contributed by atoms with E-state index < -0.39 is 23.2 Å². The van der Waals surface area contributed by atoms with E-state index in [0.717, 1.165) is 11.6 Å². The number of rotatable bonds is 4. The van der Waals surface area contributed by atoms with Crippen molar-refractivity contribution in [3.63, 3.8) is 0 Å². The molecule has 0 aliphatic carbocycles. The Kier molecular flexibility index (Phi) is 4.34. The molecule has 0 radical (unpaired) electrons. The van der Waals surface area contributed by atoms with Crippen molar-refractivity contribution < 1.29 is 23.4 Å². The molecule has 0 aromatic heterocycles. The molecule has 104 valence electrons. The summed E-state index contributed by atoms with van der Waals surface area (Å²) < 4.78 is 32.6. The molecule has 0 aliphatic rings. The lowest BCUT2D eigenvalue weighted by molar-refractivity contribution is 0.0690. The molecule has 0 aliphatic heterocycles. The second-order valence-corrected chi connectivity index (χ2v) is 4.80. The lowest BCUT2D eigenvalue weighted by atomic mass is 10.2. The van der Waals surface area contributed by atoms with Crippen molar-refractivity contribution >= 4 is 21.9 Å². The number of hydrogen-bond donors (Lipinski definition) is 1. The highest BCUT2D eigenvalue weighted by molar-refractivity contribution is 9.10. The number of benzene rings is 2. The minimum Gasteiger partial charge on any atom is -0.485 e. The largest absolute Gasteiger partial charge is 0.485 e. The monoisotopic (exact) mass is 342 g/mol. The lowest BCUT2D eigenvalue weighted by Crippen LogP contribution is -2.06. The first-order valence-corrected chi connectivity index (χ1v) is 6.37. The Hall–Kier alpha value is -1.95. The van der Waals surface area contributed by atoms with Crippen LogP contribution in [0.15, 0.2) is 40.9 Å². The van der Waals surface area contributed by atoms with Crippen LogP contribution in [-0.2, 0) is 6.61 Å². The summed E-state index contributed by atoms with van der Waals surface area (Å²) >= 11 is 2.98. The van der Waals surface area contributed by atoms with Crippen LogP contribution in [0.1, 0.15) is 15.9 Å². The quantitative estimate of drug-likeness (QED) is 0.854. The molecule has 0 unspecified atom stereocenters. The molecule has 1 N–H and O–H groups in total. The lowest BCUT2D eigenvalue weighted by Gasteiger charge is -2.11. The summed E-state index contributed by atoms with van der Waals surface area (Å²) in [7, 11) is 0. The van der Waals surface area contributed by atoms with Gasteiger partial charge in [0.1, 0.15) is 6.61 Å². The molecule has 0 saturated heterocycles. The van der Waals surface area contributed by atoms with Crippen molar-refractivity contribution in [3.8, 4) is 5.75 Å². The van der Waals surface area contributed by atoms with Gasteiger partial charge in [0.2, 0.25) is 5.82 Å². The van der Waals surface area contributed by atoms with E-state index in [1.807, 2.05) is 6.07 Å². The Morgan fingerprint density at radius 2 is 1.85 bits per heavy atom. The summed E-state index contributed by atoms with van der Waals surface area (Å²) in [6.45, 7) is 0.0439. The number of halogens is 3. The highest BCUT2D eigenvalue weighted by Crippen LogP contribution is 2.32. The van der Waals surface area contributed by atoms with Crippen molar-refractivity contribution in [2.24, 2.45) is 0 Å². The van der Waals surface area contributed by atoms with Crippen molar-refractivity contribution in [1.82, 2.24) is 0 Å². The fourth-order valence-electron chi connectivity index (χ4n) is 1.60. The molecule has 0 saturated carbocycles. The number of carboxylic acid groups (broad SMARTS) is 1. The van der Waals surface area contributed by atoms with Crippen LogP contribution in [0.25, 0.3) is 0 Å². The van der Waals surface area contributed by atoms with Crippen molar-refractivity contribution in [1.29, 1.82) is 0 Å². The third-order valence-corrected chi connectivity index (χ3v) is 3.16. The molecule has 3 nitrogen and oxygen atoms in total. The average Bonchev–Trinajstić information content (AvgIpc) is 2.43. The van der Waals surface area contributed by atoms with Crippen molar-refractivity contribution in [3.05, 3.63) is 63.6 Å². The van der Waals surface area contributed by atoms with Gasteiger partial charge in [0.05, 0.1) is 10.0 Å². The predicted octanol–water partition coefficient (Wildman–Crippen LogP) is 4.00.